The maximum absolute atomic E-state index is 11.7. The second-order valence-electron chi connectivity index (χ2n) is 4.00. The van der Waals surface area contributed by atoms with Gasteiger partial charge in [-0.25, -0.2) is 0 Å². The van der Waals surface area contributed by atoms with Gasteiger partial charge in [-0.05, 0) is 12.1 Å². The Balaban J connectivity index is 2.09. The molecular formula is C12H8N2O4S2. The van der Waals surface area contributed by atoms with Crippen molar-refractivity contribution in [3.05, 3.63) is 27.8 Å². The standard InChI is InChI=1S/C12H8N2O4S2/c1-14(16)7-4-9-8(17-5-18-9)2-6(7)3-10-11(15)13-12(19)20-10/h2-4H,1,5H2,(H,13,15,19)/b10-3-. The number of carbonyl (C=O) groups excluding carboxylic acids is 1. The van der Waals surface area contributed by atoms with Crippen LogP contribution in [0.15, 0.2) is 17.0 Å². The molecule has 0 bridgehead atoms. The Kier molecular flexibility index (Phi) is 3.11. The Labute approximate surface area is 123 Å². The molecule has 1 saturated heterocycles. The van der Waals surface area contributed by atoms with Crippen molar-refractivity contribution in [2.24, 2.45) is 0 Å². The molecule has 1 aromatic carbocycles. The molecule has 20 heavy (non-hydrogen) atoms. The molecule has 1 fully saturated rings. The SMILES string of the molecule is C=[N+]([O-])c1cc2c(cc1/C=C1\SC(=S)NC1=O)OCO2. The summed E-state index contributed by atoms with van der Waals surface area (Å²) >= 11 is 6.06. The lowest BCUT2D eigenvalue weighted by molar-refractivity contribution is -0.350. The van der Waals surface area contributed by atoms with Crippen LogP contribution in [0.1, 0.15) is 5.56 Å². The van der Waals surface area contributed by atoms with E-state index in [1.807, 2.05) is 0 Å². The zero-order valence-electron chi connectivity index (χ0n) is 10.0. The molecule has 2 heterocycles. The van der Waals surface area contributed by atoms with E-state index in [-0.39, 0.29) is 18.4 Å². The molecule has 102 valence electrons. The summed E-state index contributed by atoms with van der Waals surface area (Å²) in [5, 5.41) is 14.0. The van der Waals surface area contributed by atoms with Crippen LogP contribution >= 0.6 is 24.0 Å². The van der Waals surface area contributed by atoms with Gasteiger partial charge < -0.3 is 20.0 Å². The molecular weight excluding hydrogens is 300 g/mol. The van der Waals surface area contributed by atoms with Crippen molar-refractivity contribution >= 4 is 52.7 Å². The minimum absolute atomic E-state index is 0.101. The predicted molar refractivity (Wildman–Crippen MR) is 79.3 cm³/mol. The zero-order chi connectivity index (χ0) is 14.3. The molecule has 1 N–H and O–H groups in total. The Morgan fingerprint density at radius 2 is 2.15 bits per heavy atom. The lowest BCUT2D eigenvalue weighted by atomic mass is 10.1. The lowest BCUT2D eigenvalue weighted by Crippen LogP contribution is -2.17. The van der Waals surface area contributed by atoms with Crippen molar-refractivity contribution in [1.82, 2.24) is 5.32 Å². The molecule has 2 aliphatic rings. The van der Waals surface area contributed by atoms with Gasteiger partial charge in [-0.15, -0.1) is 0 Å². The number of ether oxygens (including phenoxy) is 2. The fraction of sp³-hybridized carbons (Fsp3) is 0.0833. The first-order chi connectivity index (χ1) is 9.54. The number of fused-ring (bicyclic) bond motifs is 1. The molecule has 0 radical (unpaired) electrons. The van der Waals surface area contributed by atoms with Gasteiger partial charge in [0.2, 0.25) is 12.5 Å². The van der Waals surface area contributed by atoms with Crippen LogP contribution < -0.4 is 14.8 Å². The molecule has 2 aliphatic heterocycles. The van der Waals surface area contributed by atoms with Gasteiger partial charge in [0.1, 0.15) is 11.0 Å². The second-order valence-corrected chi connectivity index (χ2v) is 5.71. The smallest absolute Gasteiger partial charge is 0.263 e. The summed E-state index contributed by atoms with van der Waals surface area (Å²) < 4.78 is 11.3. The van der Waals surface area contributed by atoms with E-state index in [2.05, 4.69) is 12.0 Å². The average Bonchev–Trinajstić information content (AvgIpc) is 2.94. The summed E-state index contributed by atoms with van der Waals surface area (Å²) in [4.78, 5) is 12.1. The van der Waals surface area contributed by atoms with E-state index < -0.39 is 0 Å². The minimum atomic E-state index is -0.287. The van der Waals surface area contributed by atoms with Gasteiger partial charge in [0.25, 0.3) is 5.91 Å². The summed E-state index contributed by atoms with van der Waals surface area (Å²) in [5.41, 5.74) is 0.801. The van der Waals surface area contributed by atoms with Gasteiger partial charge in [0, 0.05) is 0 Å². The maximum atomic E-state index is 11.7. The first kappa shape index (κ1) is 12.9. The fourth-order valence-corrected chi connectivity index (χ4v) is 2.88. The van der Waals surface area contributed by atoms with Crippen molar-refractivity contribution in [2.45, 2.75) is 0 Å². The quantitative estimate of drug-likeness (QED) is 0.224. The molecule has 1 aromatic rings. The molecule has 3 rings (SSSR count). The van der Waals surface area contributed by atoms with Crippen LogP contribution in [0.3, 0.4) is 0 Å². The van der Waals surface area contributed by atoms with Gasteiger partial charge >= 0.3 is 0 Å². The molecule has 0 spiro atoms. The summed E-state index contributed by atoms with van der Waals surface area (Å²) in [6.07, 6.45) is 1.58. The summed E-state index contributed by atoms with van der Waals surface area (Å²) in [5.74, 6) is 0.712. The highest BCUT2D eigenvalue weighted by Crippen LogP contribution is 2.39. The summed E-state index contributed by atoms with van der Waals surface area (Å²) in [6, 6.07) is 3.17. The van der Waals surface area contributed by atoms with Crippen LogP contribution in [0.4, 0.5) is 5.69 Å². The van der Waals surface area contributed by atoms with Gasteiger partial charge in [0.05, 0.1) is 16.5 Å². The predicted octanol–water partition coefficient (Wildman–Crippen LogP) is 1.75. The molecule has 8 heteroatoms. The van der Waals surface area contributed by atoms with Crippen molar-refractivity contribution < 1.29 is 19.0 Å². The number of nitrogens with zero attached hydrogens (tertiary/aromatic N) is 1. The van der Waals surface area contributed by atoms with Crippen LogP contribution in [0.5, 0.6) is 11.5 Å². The Morgan fingerprint density at radius 3 is 2.75 bits per heavy atom. The zero-order valence-corrected chi connectivity index (χ0v) is 11.7. The molecule has 0 saturated carbocycles. The van der Waals surface area contributed by atoms with Crippen LogP contribution in [0.2, 0.25) is 0 Å². The normalized spacial score (nSPS) is 18.5. The molecule has 0 aromatic heterocycles. The van der Waals surface area contributed by atoms with Crippen molar-refractivity contribution in [1.29, 1.82) is 0 Å². The number of thiocarbonyl (C=S) groups is 1. The second kappa shape index (κ2) is 4.80. The van der Waals surface area contributed by atoms with Crippen LogP contribution in [0.25, 0.3) is 6.08 Å². The van der Waals surface area contributed by atoms with Crippen molar-refractivity contribution in [3.63, 3.8) is 0 Å². The maximum Gasteiger partial charge on any atom is 0.263 e. The van der Waals surface area contributed by atoms with Crippen LogP contribution in [-0.4, -0.2) is 28.5 Å². The number of hydrogen-bond donors (Lipinski definition) is 1. The Hall–Kier alpha value is -2.06. The largest absolute Gasteiger partial charge is 0.619 e. The highest BCUT2D eigenvalue weighted by atomic mass is 32.2. The van der Waals surface area contributed by atoms with Crippen LogP contribution in [-0.2, 0) is 4.79 Å². The van der Waals surface area contributed by atoms with Crippen molar-refractivity contribution in [2.75, 3.05) is 6.79 Å². The fourth-order valence-electron chi connectivity index (χ4n) is 1.84. The topological polar surface area (TPSA) is 73.6 Å². The Morgan fingerprint density at radius 1 is 1.45 bits per heavy atom. The van der Waals surface area contributed by atoms with Gasteiger partial charge in [0.15, 0.2) is 11.5 Å². The van der Waals surface area contributed by atoms with E-state index in [1.165, 1.54) is 6.07 Å². The number of thioether (sulfide) groups is 1. The van der Waals surface area contributed by atoms with E-state index in [0.29, 0.717) is 31.0 Å². The molecule has 6 nitrogen and oxygen atoms in total. The van der Waals surface area contributed by atoms with Crippen LogP contribution in [0, 0.1) is 5.21 Å². The van der Waals surface area contributed by atoms with Gasteiger partial charge in [-0.3, -0.25) is 4.79 Å². The van der Waals surface area contributed by atoms with E-state index in [9.17, 15) is 10.0 Å². The van der Waals surface area contributed by atoms with E-state index in [0.717, 1.165) is 11.8 Å². The first-order valence-corrected chi connectivity index (χ1v) is 6.73. The van der Waals surface area contributed by atoms with Gasteiger partial charge in [-0.1, -0.05) is 24.0 Å². The monoisotopic (exact) mass is 308 g/mol. The Bertz CT molecular complexity index is 684. The molecule has 0 atom stereocenters. The summed E-state index contributed by atoms with van der Waals surface area (Å²) in [7, 11) is 0. The molecule has 0 unspecified atom stereocenters. The highest BCUT2D eigenvalue weighted by molar-refractivity contribution is 8.26. The molecule has 1 amide bonds. The summed E-state index contributed by atoms with van der Waals surface area (Å²) in [6.45, 7) is 3.42. The van der Waals surface area contributed by atoms with Crippen molar-refractivity contribution in [3.8, 4) is 11.5 Å². The average molecular weight is 308 g/mol. The third-order valence-electron chi connectivity index (χ3n) is 2.72. The number of rotatable bonds is 2. The first-order valence-electron chi connectivity index (χ1n) is 5.51. The number of benzene rings is 1. The number of amides is 1. The third kappa shape index (κ3) is 2.23. The minimum Gasteiger partial charge on any atom is -0.619 e. The van der Waals surface area contributed by atoms with E-state index in [4.69, 9.17) is 21.7 Å². The van der Waals surface area contributed by atoms with E-state index in [1.54, 1.807) is 12.1 Å². The number of hydrogen-bond acceptors (Lipinski definition) is 6. The molecule has 0 aliphatic carbocycles. The lowest BCUT2D eigenvalue weighted by Gasteiger charge is -2.06. The number of nitrogens with one attached hydrogen (secondary N) is 1. The highest BCUT2D eigenvalue weighted by Gasteiger charge is 2.25. The van der Waals surface area contributed by atoms with Gasteiger partial charge in [-0.2, -0.15) is 4.74 Å². The number of carbonyl (C=O) groups is 1. The van der Waals surface area contributed by atoms with E-state index >= 15 is 0 Å². The third-order valence-corrected chi connectivity index (χ3v) is 3.88.